The number of benzene rings is 2. The number of thiocarbonyl (C=S) groups is 1. The third kappa shape index (κ3) is 7.41. The van der Waals surface area contributed by atoms with Crippen molar-refractivity contribution < 1.29 is 18.0 Å². The van der Waals surface area contributed by atoms with E-state index in [0.29, 0.717) is 6.42 Å². The van der Waals surface area contributed by atoms with Gasteiger partial charge in [-0.3, -0.25) is 4.79 Å². The maximum atomic E-state index is 12.1. The van der Waals surface area contributed by atoms with Crippen molar-refractivity contribution in [3.63, 3.8) is 0 Å². The molecule has 10 heteroatoms. The molecular weight excluding hydrogens is 463 g/mol. The molecule has 2 aromatic rings. The fourth-order valence-corrected chi connectivity index (χ4v) is 3.46. The van der Waals surface area contributed by atoms with E-state index in [4.69, 9.17) is 11.0 Å². The van der Waals surface area contributed by atoms with E-state index < -0.39 is 17.3 Å². The van der Waals surface area contributed by atoms with Gasteiger partial charge >= 0.3 is 6.18 Å². The molecule has 3 N–H and O–H groups in total. The fraction of sp³-hybridized carbons (Fsp3) is 0.333. The van der Waals surface area contributed by atoms with Gasteiger partial charge in [-0.1, -0.05) is 24.3 Å². The molecule has 0 bridgehead atoms. The monoisotopic (exact) mass is 485 g/mol. The van der Waals surface area contributed by atoms with Crippen molar-refractivity contribution in [1.82, 2.24) is 0 Å². The molecule has 1 aliphatic carbocycles. The number of aliphatic imine (C=N–C) groups is 1. The Labute approximate surface area is 200 Å². The van der Waals surface area contributed by atoms with Gasteiger partial charge in [0.2, 0.25) is 5.91 Å². The Hall–Kier alpha value is -3.72. The molecule has 3 rings (SSSR count). The summed E-state index contributed by atoms with van der Waals surface area (Å²) in [5, 5.41) is 23.2. The van der Waals surface area contributed by atoms with Crippen LogP contribution in [0.2, 0.25) is 0 Å². The summed E-state index contributed by atoms with van der Waals surface area (Å²) < 4.78 is 36.3. The average molecular weight is 486 g/mol. The summed E-state index contributed by atoms with van der Waals surface area (Å²) in [6, 6.07) is 16.0. The second kappa shape index (κ2) is 11.9. The number of anilines is 1. The molecule has 1 amide bonds. The van der Waals surface area contributed by atoms with E-state index in [2.05, 4.69) is 33.8 Å². The molecule has 0 heterocycles. The number of hydrogen-bond donors (Lipinski definition) is 2. The number of isothiocyanates is 1. The van der Waals surface area contributed by atoms with Gasteiger partial charge in [0.15, 0.2) is 0 Å². The number of carbonyl (C=O) groups is 1. The molecule has 0 spiro atoms. The van der Waals surface area contributed by atoms with Crippen LogP contribution >= 0.6 is 12.2 Å². The van der Waals surface area contributed by atoms with Crippen LogP contribution in [0.3, 0.4) is 0 Å². The Morgan fingerprint density at radius 2 is 1.82 bits per heavy atom. The lowest BCUT2D eigenvalue weighted by Crippen LogP contribution is -2.43. The zero-order valence-electron chi connectivity index (χ0n) is 18.1. The summed E-state index contributed by atoms with van der Waals surface area (Å²) >= 11 is 4.66. The lowest BCUT2D eigenvalue weighted by Gasteiger charge is -2.36. The van der Waals surface area contributed by atoms with Gasteiger partial charge in [0.1, 0.15) is 5.54 Å². The molecule has 176 valence electrons. The van der Waals surface area contributed by atoms with E-state index in [1.807, 2.05) is 24.3 Å². The maximum Gasteiger partial charge on any atom is 0.417 e. The minimum absolute atomic E-state index is 0.215. The average Bonchev–Trinajstić information content (AvgIpc) is 2.79. The molecule has 0 saturated heterocycles. The maximum absolute atomic E-state index is 12.1. The molecule has 0 aliphatic heterocycles. The number of nitriles is 2. The molecular formula is C24H22F3N5OS. The Morgan fingerprint density at radius 3 is 2.26 bits per heavy atom. The van der Waals surface area contributed by atoms with Crippen molar-refractivity contribution >= 4 is 29.0 Å². The summed E-state index contributed by atoms with van der Waals surface area (Å²) in [5.74, 6) is -0.358. The number of primary amides is 1. The van der Waals surface area contributed by atoms with Crippen LogP contribution in [0.25, 0.3) is 0 Å². The largest absolute Gasteiger partial charge is 0.417 e. The highest BCUT2D eigenvalue weighted by Crippen LogP contribution is 2.35. The van der Waals surface area contributed by atoms with Crippen LogP contribution < -0.4 is 11.1 Å². The van der Waals surface area contributed by atoms with Gasteiger partial charge in [0.05, 0.1) is 34.5 Å². The summed E-state index contributed by atoms with van der Waals surface area (Å²) in [5.41, 5.74) is 5.39. The van der Waals surface area contributed by atoms with E-state index in [1.165, 1.54) is 18.2 Å². The van der Waals surface area contributed by atoms with Crippen molar-refractivity contribution in [2.24, 2.45) is 10.7 Å². The molecule has 0 radical (unpaired) electrons. The van der Waals surface area contributed by atoms with Crippen LogP contribution in [0.15, 0.2) is 53.5 Å². The number of amides is 1. The van der Waals surface area contributed by atoms with E-state index in [1.54, 1.807) is 0 Å². The Balaban J connectivity index is 0.000000287. The molecule has 0 aromatic heterocycles. The van der Waals surface area contributed by atoms with Crippen LogP contribution in [0.5, 0.6) is 0 Å². The number of carbonyl (C=O) groups excluding carboxylic acids is 1. The van der Waals surface area contributed by atoms with Gasteiger partial charge in [-0.2, -0.15) is 23.7 Å². The summed E-state index contributed by atoms with van der Waals surface area (Å²) in [6.45, 7) is 0. The van der Waals surface area contributed by atoms with E-state index in [-0.39, 0.29) is 23.9 Å². The Morgan fingerprint density at radius 1 is 1.18 bits per heavy atom. The van der Waals surface area contributed by atoms with E-state index in [0.717, 1.165) is 42.6 Å². The zero-order chi connectivity index (χ0) is 25.2. The molecule has 1 fully saturated rings. The predicted octanol–water partition coefficient (Wildman–Crippen LogP) is 5.53. The number of nitrogens with one attached hydrogen (secondary N) is 1. The molecule has 1 atom stereocenters. The number of nitrogens with zero attached hydrogens (tertiary/aromatic N) is 3. The van der Waals surface area contributed by atoms with Gasteiger partial charge in [0.25, 0.3) is 0 Å². The lowest BCUT2D eigenvalue weighted by atomic mass is 9.78. The van der Waals surface area contributed by atoms with Gasteiger partial charge in [-0.15, -0.1) is 0 Å². The topological polar surface area (TPSA) is 115 Å². The highest BCUT2D eigenvalue weighted by molar-refractivity contribution is 7.78. The van der Waals surface area contributed by atoms with Gasteiger partial charge in [-0.25, -0.2) is 4.99 Å². The third-order valence-electron chi connectivity index (χ3n) is 5.33. The first-order valence-electron chi connectivity index (χ1n) is 10.3. The Kier molecular flexibility index (Phi) is 9.32. The fourth-order valence-electron chi connectivity index (χ4n) is 3.34. The molecule has 1 aliphatic rings. The minimum Gasteiger partial charge on any atom is -0.370 e. The number of rotatable bonds is 7. The normalized spacial score (nSPS) is 14.5. The molecule has 6 nitrogen and oxygen atoms in total. The standard InChI is InChI=1S/C16H18N4OS.C8H4F3N/c17-10-16(8-1-9-16)20-13-4-2-12(3-5-13)14(19-11-22)6-7-15(18)21;9-8(10,11)7-4-2-1-3-6(7)5-12/h2-5,14,20H,1,6-9H2,(H2,18,21);1-4H. The van der Waals surface area contributed by atoms with Crippen molar-refractivity contribution in [2.45, 2.75) is 49.9 Å². The lowest BCUT2D eigenvalue weighted by molar-refractivity contribution is -0.137. The van der Waals surface area contributed by atoms with Gasteiger partial charge in [-0.05, 0) is 67.7 Å². The molecule has 1 saturated carbocycles. The van der Waals surface area contributed by atoms with Crippen LogP contribution in [0.1, 0.15) is 54.8 Å². The van der Waals surface area contributed by atoms with Crippen molar-refractivity contribution in [2.75, 3.05) is 5.32 Å². The van der Waals surface area contributed by atoms with Crippen molar-refractivity contribution in [3.8, 4) is 12.1 Å². The quantitative estimate of drug-likeness (QED) is 0.395. The Bertz CT molecular complexity index is 1130. The van der Waals surface area contributed by atoms with Crippen molar-refractivity contribution in [1.29, 1.82) is 10.5 Å². The predicted molar refractivity (Wildman–Crippen MR) is 125 cm³/mol. The zero-order valence-corrected chi connectivity index (χ0v) is 18.9. The van der Waals surface area contributed by atoms with Crippen LogP contribution in [0, 0.1) is 22.7 Å². The van der Waals surface area contributed by atoms with Gasteiger partial charge in [0, 0.05) is 12.1 Å². The van der Waals surface area contributed by atoms with Crippen molar-refractivity contribution in [3.05, 3.63) is 65.2 Å². The van der Waals surface area contributed by atoms with Crippen LogP contribution in [-0.4, -0.2) is 16.6 Å². The van der Waals surface area contributed by atoms with Crippen LogP contribution in [0.4, 0.5) is 18.9 Å². The van der Waals surface area contributed by atoms with Crippen LogP contribution in [-0.2, 0) is 11.0 Å². The molecule has 2 aromatic carbocycles. The number of halogens is 3. The smallest absolute Gasteiger partial charge is 0.370 e. The number of nitrogens with two attached hydrogens (primary N) is 1. The van der Waals surface area contributed by atoms with Gasteiger partial charge < -0.3 is 11.1 Å². The molecule has 1 unspecified atom stereocenters. The van der Waals surface area contributed by atoms with E-state index in [9.17, 15) is 23.2 Å². The third-order valence-corrected chi connectivity index (χ3v) is 5.43. The second-order valence-electron chi connectivity index (χ2n) is 7.69. The summed E-state index contributed by atoms with van der Waals surface area (Å²) in [6.07, 6.45) is -0.844. The first kappa shape index (κ1) is 26.5. The molecule has 34 heavy (non-hydrogen) atoms. The highest BCUT2D eigenvalue weighted by atomic mass is 32.1. The summed E-state index contributed by atoms with van der Waals surface area (Å²) in [4.78, 5) is 15.0. The number of alkyl halides is 3. The van der Waals surface area contributed by atoms with E-state index >= 15 is 0 Å². The highest BCUT2D eigenvalue weighted by Gasteiger charge is 2.37. The summed E-state index contributed by atoms with van der Waals surface area (Å²) in [7, 11) is 0. The SMILES string of the molecule is N#CC1(Nc2ccc(C(CCC(N)=O)N=C=S)cc2)CCC1.N#Cc1ccccc1C(F)(F)F. The first-order chi connectivity index (χ1) is 16.1. The minimum atomic E-state index is -4.44. The number of hydrogen-bond acceptors (Lipinski definition) is 6. The first-order valence-corrected chi connectivity index (χ1v) is 10.8. The second-order valence-corrected chi connectivity index (χ2v) is 7.87.